The molecule has 1 aromatic heterocycles. The van der Waals surface area contributed by atoms with Crippen molar-refractivity contribution >= 4 is 41.1 Å². The average molecular weight is 442 g/mol. The lowest BCUT2D eigenvalue weighted by molar-refractivity contribution is -0.147. The van der Waals surface area contributed by atoms with Crippen LogP contribution >= 0.6 is 11.6 Å². The molecule has 0 spiro atoms. The van der Waals surface area contributed by atoms with Gasteiger partial charge in [0.15, 0.2) is 12.4 Å². The van der Waals surface area contributed by atoms with Gasteiger partial charge in [-0.25, -0.2) is 4.98 Å². The second kappa shape index (κ2) is 8.11. The molecule has 0 atom stereocenters. The number of amides is 3. The molecule has 1 aliphatic rings. The number of halogens is 4. The van der Waals surface area contributed by atoms with Gasteiger partial charge in [0.2, 0.25) is 0 Å². The molecule has 1 aliphatic heterocycles. The average Bonchev–Trinajstić information content (AvgIpc) is 2.92. The van der Waals surface area contributed by atoms with E-state index in [1.807, 2.05) is 0 Å². The minimum atomic E-state index is -4.65. The number of aromatic nitrogens is 1. The third kappa shape index (κ3) is 4.40. The number of imide groups is 1. The fraction of sp³-hybridized carbons (Fsp3) is 0.167. The summed E-state index contributed by atoms with van der Waals surface area (Å²) < 4.78 is 42.5. The van der Waals surface area contributed by atoms with Crippen molar-refractivity contribution in [3.8, 4) is 0 Å². The number of fused-ring (bicyclic) bond motifs is 1. The summed E-state index contributed by atoms with van der Waals surface area (Å²) in [5.74, 6) is -3.66. The number of carbonyl (C=O) groups is 4. The largest absolute Gasteiger partial charge is 0.454 e. The van der Waals surface area contributed by atoms with E-state index in [1.54, 1.807) is 12.1 Å². The number of benzene rings is 1. The highest BCUT2D eigenvalue weighted by Crippen LogP contribution is 2.32. The molecule has 3 rings (SSSR count). The minimum absolute atomic E-state index is 0.149. The van der Waals surface area contributed by atoms with Crippen LogP contribution in [0.25, 0.3) is 0 Å². The first-order valence-electron chi connectivity index (χ1n) is 8.21. The topological polar surface area (TPSA) is 106 Å². The molecule has 0 fully saturated rings. The van der Waals surface area contributed by atoms with Gasteiger partial charge >= 0.3 is 12.1 Å². The number of carbonyl (C=O) groups excluding carboxylic acids is 4. The molecule has 0 bridgehead atoms. The summed E-state index contributed by atoms with van der Waals surface area (Å²) in [6.07, 6.45) is -4.17. The van der Waals surface area contributed by atoms with Crippen LogP contribution in [0.1, 0.15) is 26.3 Å². The zero-order valence-electron chi connectivity index (χ0n) is 14.8. The molecule has 1 N–H and O–H groups in total. The highest BCUT2D eigenvalue weighted by molar-refractivity contribution is 6.33. The fourth-order valence-corrected chi connectivity index (χ4v) is 2.77. The smallest absolute Gasteiger partial charge is 0.417 e. The maximum Gasteiger partial charge on any atom is 0.417 e. The number of pyridine rings is 1. The van der Waals surface area contributed by atoms with Gasteiger partial charge in [-0.3, -0.25) is 24.1 Å². The van der Waals surface area contributed by atoms with Crippen LogP contribution in [0.5, 0.6) is 0 Å². The summed E-state index contributed by atoms with van der Waals surface area (Å²) in [4.78, 5) is 52.2. The lowest BCUT2D eigenvalue weighted by Gasteiger charge is -2.13. The van der Waals surface area contributed by atoms with Crippen molar-refractivity contribution in [2.75, 3.05) is 18.5 Å². The zero-order chi connectivity index (χ0) is 22.1. The van der Waals surface area contributed by atoms with Gasteiger partial charge < -0.3 is 10.1 Å². The van der Waals surface area contributed by atoms with Crippen molar-refractivity contribution in [1.82, 2.24) is 9.88 Å². The Morgan fingerprint density at radius 2 is 1.73 bits per heavy atom. The second-order valence-corrected chi connectivity index (χ2v) is 6.41. The summed E-state index contributed by atoms with van der Waals surface area (Å²) in [7, 11) is 0. The van der Waals surface area contributed by atoms with Crippen LogP contribution in [0, 0.1) is 0 Å². The molecule has 12 heteroatoms. The van der Waals surface area contributed by atoms with E-state index in [9.17, 15) is 32.3 Å². The number of esters is 1. The monoisotopic (exact) mass is 441 g/mol. The molecule has 0 saturated heterocycles. The first-order chi connectivity index (χ1) is 14.1. The van der Waals surface area contributed by atoms with Crippen LogP contribution in [0.15, 0.2) is 36.5 Å². The first kappa shape index (κ1) is 21.2. The zero-order valence-corrected chi connectivity index (χ0v) is 15.6. The predicted octanol–water partition coefficient (Wildman–Crippen LogP) is 2.53. The van der Waals surface area contributed by atoms with E-state index >= 15 is 0 Å². The second-order valence-electron chi connectivity index (χ2n) is 6.00. The Bertz CT molecular complexity index is 1020. The number of anilines is 1. The van der Waals surface area contributed by atoms with Gasteiger partial charge in [0.05, 0.1) is 21.7 Å². The van der Waals surface area contributed by atoms with E-state index in [2.05, 4.69) is 10.3 Å². The number of hydrogen-bond donors (Lipinski definition) is 1. The van der Waals surface area contributed by atoms with Gasteiger partial charge in [-0.1, -0.05) is 23.7 Å². The number of rotatable bonds is 5. The lowest BCUT2D eigenvalue weighted by Crippen LogP contribution is -2.36. The fourth-order valence-electron chi connectivity index (χ4n) is 2.56. The normalized spacial score (nSPS) is 13.3. The molecule has 30 heavy (non-hydrogen) atoms. The first-order valence-corrected chi connectivity index (χ1v) is 8.59. The minimum Gasteiger partial charge on any atom is -0.454 e. The molecule has 8 nitrogen and oxygen atoms in total. The van der Waals surface area contributed by atoms with E-state index in [1.165, 1.54) is 12.1 Å². The van der Waals surface area contributed by atoms with E-state index < -0.39 is 53.6 Å². The predicted molar refractivity (Wildman–Crippen MR) is 95.6 cm³/mol. The van der Waals surface area contributed by atoms with Gasteiger partial charge in [0, 0.05) is 6.20 Å². The van der Waals surface area contributed by atoms with Crippen molar-refractivity contribution < 1.29 is 37.1 Å². The third-order valence-electron chi connectivity index (χ3n) is 3.96. The van der Waals surface area contributed by atoms with Crippen molar-refractivity contribution in [2.45, 2.75) is 6.18 Å². The number of hydrogen-bond acceptors (Lipinski definition) is 6. The SMILES string of the molecule is O=C(COC(=O)CN1C(=O)c2ccccc2C1=O)Nc1ncc(C(F)(F)F)cc1Cl. The lowest BCUT2D eigenvalue weighted by atomic mass is 10.1. The van der Waals surface area contributed by atoms with Gasteiger partial charge in [0.25, 0.3) is 17.7 Å². The van der Waals surface area contributed by atoms with E-state index in [-0.39, 0.29) is 16.9 Å². The van der Waals surface area contributed by atoms with Crippen molar-refractivity contribution in [3.05, 3.63) is 58.2 Å². The number of alkyl halides is 3. The van der Waals surface area contributed by atoms with Crippen molar-refractivity contribution in [2.24, 2.45) is 0 Å². The maximum atomic E-state index is 12.6. The maximum absolute atomic E-state index is 12.6. The highest BCUT2D eigenvalue weighted by Gasteiger charge is 2.36. The van der Waals surface area contributed by atoms with E-state index in [0.717, 1.165) is 0 Å². The van der Waals surface area contributed by atoms with Crippen LogP contribution in [0.4, 0.5) is 19.0 Å². The summed E-state index contributed by atoms with van der Waals surface area (Å²) in [5, 5.41) is 1.63. The molecule has 0 unspecified atom stereocenters. The van der Waals surface area contributed by atoms with Crippen molar-refractivity contribution in [1.29, 1.82) is 0 Å². The molecule has 0 aliphatic carbocycles. The Morgan fingerprint density at radius 3 is 2.27 bits per heavy atom. The molecule has 0 saturated carbocycles. The molecular formula is C18H11ClF3N3O5. The Labute approximate surface area is 171 Å². The highest BCUT2D eigenvalue weighted by atomic mass is 35.5. The van der Waals surface area contributed by atoms with Crippen LogP contribution < -0.4 is 5.32 Å². The van der Waals surface area contributed by atoms with Crippen LogP contribution in [-0.4, -0.2) is 46.7 Å². The number of ether oxygens (including phenoxy) is 1. The quantitative estimate of drug-likeness (QED) is 0.564. The number of nitrogens with zero attached hydrogens (tertiary/aromatic N) is 2. The Balaban J connectivity index is 1.54. The van der Waals surface area contributed by atoms with Crippen LogP contribution in [0.2, 0.25) is 5.02 Å². The van der Waals surface area contributed by atoms with Crippen LogP contribution in [-0.2, 0) is 20.5 Å². The van der Waals surface area contributed by atoms with Crippen LogP contribution in [0.3, 0.4) is 0 Å². The molecule has 3 amide bonds. The molecule has 2 heterocycles. The Hall–Kier alpha value is -3.47. The third-order valence-corrected chi connectivity index (χ3v) is 4.24. The summed E-state index contributed by atoms with van der Waals surface area (Å²) in [5.41, 5.74) is -0.801. The van der Waals surface area contributed by atoms with Gasteiger partial charge in [-0.15, -0.1) is 0 Å². The van der Waals surface area contributed by atoms with Gasteiger partial charge in [-0.05, 0) is 18.2 Å². The molecule has 0 radical (unpaired) electrons. The van der Waals surface area contributed by atoms with E-state index in [0.29, 0.717) is 17.2 Å². The summed E-state index contributed by atoms with van der Waals surface area (Å²) in [6.45, 7) is -1.54. The Morgan fingerprint density at radius 1 is 1.13 bits per heavy atom. The summed E-state index contributed by atoms with van der Waals surface area (Å²) >= 11 is 5.67. The Kier molecular flexibility index (Phi) is 5.74. The molecule has 2 aromatic rings. The van der Waals surface area contributed by atoms with Crippen molar-refractivity contribution in [3.63, 3.8) is 0 Å². The molecule has 1 aromatic carbocycles. The summed E-state index contributed by atoms with van der Waals surface area (Å²) in [6, 6.07) is 6.59. The standard InChI is InChI=1S/C18H11ClF3N3O5/c19-12-5-9(18(20,21)22)6-23-15(12)24-13(26)8-30-14(27)7-25-16(28)10-3-1-2-4-11(10)17(25)29/h1-6H,7-8H2,(H,23,24,26). The van der Waals surface area contributed by atoms with Gasteiger partial charge in [0.1, 0.15) is 6.54 Å². The number of nitrogens with one attached hydrogen (secondary N) is 1. The molecule has 156 valence electrons. The van der Waals surface area contributed by atoms with Gasteiger partial charge in [-0.2, -0.15) is 13.2 Å². The molecular weight excluding hydrogens is 431 g/mol. The van der Waals surface area contributed by atoms with E-state index in [4.69, 9.17) is 16.3 Å².